The molecule has 0 aliphatic carbocycles. The van der Waals surface area contributed by atoms with Crippen molar-refractivity contribution in [3.63, 3.8) is 0 Å². The molecule has 1 saturated heterocycles. The lowest BCUT2D eigenvalue weighted by Gasteiger charge is -2.36. The molecule has 0 radical (unpaired) electrons. The molecule has 1 heterocycles. The normalized spacial score (nSPS) is 16.8. The molecule has 1 N–H and O–H groups in total. The second kappa shape index (κ2) is 6.76. The summed E-state index contributed by atoms with van der Waals surface area (Å²) in [5.41, 5.74) is 1.38. The summed E-state index contributed by atoms with van der Waals surface area (Å²) in [6.07, 6.45) is -1.04. The molecular formula is C15H21FN2O3. The molecule has 2 rings (SSSR count). The number of halogens is 1. The van der Waals surface area contributed by atoms with Gasteiger partial charge in [0.2, 0.25) is 0 Å². The van der Waals surface area contributed by atoms with Gasteiger partial charge in [0, 0.05) is 37.4 Å². The highest BCUT2D eigenvalue weighted by atomic mass is 19.1. The number of hydrogen-bond acceptors (Lipinski definition) is 4. The first-order chi connectivity index (χ1) is 10.0. The number of anilines is 1. The van der Waals surface area contributed by atoms with Gasteiger partial charge < -0.3 is 19.6 Å². The van der Waals surface area contributed by atoms with Crippen molar-refractivity contribution in [3.05, 3.63) is 29.6 Å². The lowest BCUT2D eigenvalue weighted by Crippen LogP contribution is -2.49. The van der Waals surface area contributed by atoms with Crippen molar-refractivity contribution in [3.8, 4) is 0 Å². The average molecular weight is 296 g/mol. The maximum atomic E-state index is 13.3. The quantitative estimate of drug-likeness (QED) is 0.928. The van der Waals surface area contributed by atoms with Crippen molar-refractivity contribution in [2.75, 3.05) is 37.7 Å². The van der Waals surface area contributed by atoms with Crippen molar-refractivity contribution in [2.24, 2.45) is 0 Å². The summed E-state index contributed by atoms with van der Waals surface area (Å²) in [4.78, 5) is 15.4. The Bertz CT molecular complexity index is 500. The number of carbonyl (C=O) groups excluding carboxylic acids is 1. The fourth-order valence-corrected chi connectivity index (χ4v) is 2.49. The van der Waals surface area contributed by atoms with Crippen molar-refractivity contribution < 1.29 is 19.0 Å². The Labute approximate surface area is 123 Å². The smallest absolute Gasteiger partial charge is 0.409 e. The number of rotatable bonds is 3. The Hall–Kier alpha value is -1.82. The Morgan fingerprint density at radius 2 is 2.05 bits per heavy atom. The zero-order valence-corrected chi connectivity index (χ0v) is 12.4. The zero-order valence-electron chi connectivity index (χ0n) is 12.4. The molecule has 1 aromatic carbocycles. The lowest BCUT2D eigenvalue weighted by molar-refractivity contribution is 0.105. The van der Waals surface area contributed by atoms with E-state index in [1.807, 2.05) is 0 Å². The van der Waals surface area contributed by atoms with Gasteiger partial charge in [-0.15, -0.1) is 0 Å². The third-order valence-corrected chi connectivity index (χ3v) is 3.59. The molecule has 0 spiro atoms. The van der Waals surface area contributed by atoms with Crippen LogP contribution < -0.4 is 4.90 Å². The van der Waals surface area contributed by atoms with Gasteiger partial charge in [-0.25, -0.2) is 9.18 Å². The average Bonchev–Trinajstić information content (AvgIpc) is 2.47. The van der Waals surface area contributed by atoms with Crippen LogP contribution in [-0.4, -0.2) is 48.9 Å². The maximum absolute atomic E-state index is 13.3. The highest BCUT2D eigenvalue weighted by Gasteiger charge is 2.24. The number of nitrogens with zero attached hydrogens (tertiary/aromatic N) is 2. The van der Waals surface area contributed by atoms with Gasteiger partial charge in [0.25, 0.3) is 0 Å². The molecule has 6 heteroatoms. The van der Waals surface area contributed by atoms with Gasteiger partial charge in [0.05, 0.1) is 12.7 Å². The van der Waals surface area contributed by atoms with E-state index in [1.165, 1.54) is 12.1 Å². The van der Waals surface area contributed by atoms with Gasteiger partial charge in [-0.3, -0.25) is 0 Å². The molecule has 0 aromatic heterocycles. The van der Waals surface area contributed by atoms with Crippen LogP contribution in [0, 0.1) is 5.82 Å². The molecule has 0 unspecified atom stereocenters. The van der Waals surface area contributed by atoms with E-state index >= 15 is 0 Å². The number of amides is 1. The van der Waals surface area contributed by atoms with Gasteiger partial charge in [-0.2, -0.15) is 0 Å². The minimum Gasteiger partial charge on any atom is -0.450 e. The number of benzene rings is 1. The van der Waals surface area contributed by atoms with Crippen molar-refractivity contribution >= 4 is 11.8 Å². The maximum Gasteiger partial charge on any atom is 0.409 e. The fourth-order valence-electron chi connectivity index (χ4n) is 2.49. The predicted molar refractivity (Wildman–Crippen MR) is 77.8 cm³/mol. The molecule has 1 aliphatic rings. The number of ether oxygens (including phenoxy) is 1. The van der Waals surface area contributed by atoms with Gasteiger partial charge in [0.15, 0.2) is 0 Å². The lowest BCUT2D eigenvalue weighted by atomic mass is 10.1. The number of aliphatic hydroxyl groups is 1. The molecule has 21 heavy (non-hydrogen) atoms. The Kier molecular flexibility index (Phi) is 5.01. The molecular weight excluding hydrogens is 275 g/mol. The topological polar surface area (TPSA) is 53.0 Å². The summed E-state index contributed by atoms with van der Waals surface area (Å²) in [6, 6.07) is 4.42. The Balaban J connectivity index is 2.07. The first-order valence-corrected chi connectivity index (χ1v) is 7.17. The summed E-state index contributed by atoms with van der Waals surface area (Å²) < 4.78 is 18.3. The molecule has 116 valence electrons. The second-order valence-corrected chi connectivity index (χ2v) is 5.05. The summed E-state index contributed by atoms with van der Waals surface area (Å²) in [7, 11) is 0. The number of piperazine rings is 1. The number of aliphatic hydroxyl groups excluding tert-OH is 1. The third kappa shape index (κ3) is 3.64. The molecule has 1 fully saturated rings. The monoisotopic (exact) mass is 296 g/mol. The fraction of sp³-hybridized carbons (Fsp3) is 0.533. The van der Waals surface area contributed by atoms with Crippen LogP contribution >= 0.6 is 0 Å². The van der Waals surface area contributed by atoms with E-state index in [4.69, 9.17) is 4.74 Å². The zero-order chi connectivity index (χ0) is 15.4. The van der Waals surface area contributed by atoms with E-state index in [2.05, 4.69) is 4.90 Å². The van der Waals surface area contributed by atoms with E-state index in [-0.39, 0.29) is 11.9 Å². The molecule has 1 aromatic rings. The van der Waals surface area contributed by atoms with Crippen molar-refractivity contribution in [2.45, 2.75) is 20.0 Å². The van der Waals surface area contributed by atoms with Crippen LogP contribution in [0.2, 0.25) is 0 Å². The van der Waals surface area contributed by atoms with Crippen molar-refractivity contribution in [1.82, 2.24) is 4.90 Å². The number of hydrogen-bond donors (Lipinski definition) is 1. The minimum atomic E-state index is -0.737. The minimum absolute atomic E-state index is 0.299. The van der Waals surface area contributed by atoms with Gasteiger partial charge in [-0.05, 0) is 32.0 Å². The van der Waals surface area contributed by atoms with Crippen LogP contribution in [0.1, 0.15) is 25.5 Å². The van der Waals surface area contributed by atoms with Crippen LogP contribution in [0.3, 0.4) is 0 Å². The Morgan fingerprint density at radius 1 is 1.38 bits per heavy atom. The summed E-state index contributed by atoms with van der Waals surface area (Å²) in [6.45, 7) is 6.12. The number of carbonyl (C=O) groups is 1. The van der Waals surface area contributed by atoms with Gasteiger partial charge >= 0.3 is 6.09 Å². The van der Waals surface area contributed by atoms with E-state index in [0.29, 0.717) is 38.3 Å². The molecule has 1 aliphatic heterocycles. The largest absolute Gasteiger partial charge is 0.450 e. The Morgan fingerprint density at radius 3 is 2.62 bits per heavy atom. The highest BCUT2D eigenvalue weighted by Crippen LogP contribution is 2.28. The summed E-state index contributed by atoms with van der Waals surface area (Å²) >= 11 is 0. The van der Waals surface area contributed by atoms with Crippen LogP contribution in [0.5, 0.6) is 0 Å². The molecule has 0 saturated carbocycles. The first-order valence-electron chi connectivity index (χ1n) is 7.17. The van der Waals surface area contributed by atoms with Crippen LogP contribution in [0.25, 0.3) is 0 Å². The third-order valence-electron chi connectivity index (χ3n) is 3.59. The van der Waals surface area contributed by atoms with E-state index in [0.717, 1.165) is 5.69 Å². The van der Waals surface area contributed by atoms with Crippen LogP contribution in [0.4, 0.5) is 14.9 Å². The first kappa shape index (κ1) is 15.6. The van der Waals surface area contributed by atoms with Crippen LogP contribution in [0.15, 0.2) is 18.2 Å². The van der Waals surface area contributed by atoms with E-state index in [9.17, 15) is 14.3 Å². The molecule has 1 amide bonds. The van der Waals surface area contributed by atoms with Gasteiger partial charge in [0.1, 0.15) is 5.82 Å². The molecule has 5 nitrogen and oxygen atoms in total. The van der Waals surface area contributed by atoms with Crippen LogP contribution in [-0.2, 0) is 4.74 Å². The second-order valence-electron chi connectivity index (χ2n) is 5.05. The molecule has 1 atom stereocenters. The highest BCUT2D eigenvalue weighted by molar-refractivity contribution is 5.68. The summed E-state index contributed by atoms with van der Waals surface area (Å²) in [5, 5.41) is 9.79. The van der Waals surface area contributed by atoms with Gasteiger partial charge in [-0.1, -0.05) is 0 Å². The SMILES string of the molecule is CCOC(=O)N1CCN(c2ccc(F)cc2[C@@H](C)O)CC1. The molecule has 0 bridgehead atoms. The van der Waals surface area contributed by atoms with E-state index < -0.39 is 6.10 Å². The van der Waals surface area contributed by atoms with Crippen molar-refractivity contribution in [1.29, 1.82) is 0 Å². The summed E-state index contributed by atoms with van der Waals surface area (Å²) in [5.74, 6) is -0.361. The van der Waals surface area contributed by atoms with E-state index in [1.54, 1.807) is 24.8 Å². The standard InChI is InChI=1S/C15H21FN2O3/c1-3-21-15(20)18-8-6-17(7-9-18)14-5-4-12(16)10-13(14)11(2)19/h4-5,10-11,19H,3,6-9H2,1-2H3/t11-/m1/s1. The predicted octanol–water partition coefficient (Wildman–Crippen LogP) is 2.16.